The van der Waals surface area contributed by atoms with E-state index in [0.717, 1.165) is 46.0 Å². The van der Waals surface area contributed by atoms with Gasteiger partial charge < -0.3 is 15.0 Å². The number of hydrogen-bond donors (Lipinski definition) is 1. The summed E-state index contributed by atoms with van der Waals surface area (Å²) in [5.41, 5.74) is 10.4. The molecule has 0 fully saturated rings. The number of ether oxygens (including phenoxy) is 1. The molecule has 2 N–H and O–H groups in total. The SMILES string of the molecule is CCc1c(-c2ccc(OC)cc2)noc1-c1ccc(N)cc1. The lowest BCUT2D eigenvalue weighted by Crippen LogP contribution is -1.89. The van der Waals surface area contributed by atoms with Gasteiger partial charge in [0.25, 0.3) is 0 Å². The molecule has 0 bridgehead atoms. The lowest BCUT2D eigenvalue weighted by molar-refractivity contribution is 0.415. The highest BCUT2D eigenvalue weighted by Gasteiger charge is 2.17. The number of benzene rings is 2. The highest BCUT2D eigenvalue weighted by Crippen LogP contribution is 2.33. The molecule has 112 valence electrons. The van der Waals surface area contributed by atoms with Gasteiger partial charge in [0.15, 0.2) is 5.76 Å². The van der Waals surface area contributed by atoms with Gasteiger partial charge in [0.05, 0.1) is 7.11 Å². The van der Waals surface area contributed by atoms with Crippen LogP contribution in [-0.4, -0.2) is 12.3 Å². The summed E-state index contributed by atoms with van der Waals surface area (Å²) in [4.78, 5) is 0. The Balaban J connectivity index is 2.04. The molecule has 1 heterocycles. The summed E-state index contributed by atoms with van der Waals surface area (Å²) in [5.74, 6) is 1.62. The molecule has 3 rings (SSSR count). The molecule has 0 aliphatic rings. The molecule has 0 saturated carbocycles. The van der Waals surface area contributed by atoms with Gasteiger partial charge in [0, 0.05) is 22.4 Å². The molecule has 2 aromatic carbocycles. The van der Waals surface area contributed by atoms with E-state index >= 15 is 0 Å². The average Bonchev–Trinajstić information content (AvgIpc) is 2.99. The van der Waals surface area contributed by atoms with Crippen molar-refractivity contribution in [1.29, 1.82) is 0 Å². The zero-order valence-corrected chi connectivity index (χ0v) is 12.7. The standard InChI is InChI=1S/C18H18N2O2/c1-3-16-17(12-6-10-15(21-2)11-7-12)20-22-18(16)13-4-8-14(19)9-5-13/h4-11H,3,19H2,1-2H3. The highest BCUT2D eigenvalue weighted by atomic mass is 16.5. The number of nitrogens with two attached hydrogens (primary N) is 1. The zero-order chi connectivity index (χ0) is 15.5. The van der Waals surface area contributed by atoms with Crippen molar-refractivity contribution in [2.45, 2.75) is 13.3 Å². The van der Waals surface area contributed by atoms with E-state index in [2.05, 4.69) is 12.1 Å². The molecule has 4 nitrogen and oxygen atoms in total. The fourth-order valence-corrected chi connectivity index (χ4v) is 2.47. The Bertz CT molecular complexity index is 759. The second kappa shape index (κ2) is 5.93. The summed E-state index contributed by atoms with van der Waals surface area (Å²) < 4.78 is 10.8. The maximum absolute atomic E-state index is 5.74. The normalized spacial score (nSPS) is 10.6. The Kier molecular flexibility index (Phi) is 3.83. The van der Waals surface area contributed by atoms with E-state index in [9.17, 15) is 0 Å². The largest absolute Gasteiger partial charge is 0.497 e. The van der Waals surface area contributed by atoms with Crippen molar-refractivity contribution in [2.75, 3.05) is 12.8 Å². The summed E-state index contributed by atoms with van der Waals surface area (Å²) in [6.07, 6.45) is 0.838. The monoisotopic (exact) mass is 294 g/mol. The highest BCUT2D eigenvalue weighted by molar-refractivity contribution is 5.73. The van der Waals surface area contributed by atoms with Crippen LogP contribution in [0.4, 0.5) is 5.69 Å². The first-order valence-electron chi connectivity index (χ1n) is 7.21. The first-order chi connectivity index (χ1) is 10.7. The Hall–Kier alpha value is -2.75. The quantitative estimate of drug-likeness (QED) is 0.734. The van der Waals surface area contributed by atoms with Crippen LogP contribution in [0.1, 0.15) is 12.5 Å². The fourth-order valence-electron chi connectivity index (χ4n) is 2.47. The molecule has 0 unspecified atom stereocenters. The molecule has 4 heteroatoms. The first kappa shape index (κ1) is 14.2. The molecular weight excluding hydrogens is 276 g/mol. The van der Waals surface area contributed by atoms with Gasteiger partial charge in [-0.25, -0.2) is 0 Å². The van der Waals surface area contributed by atoms with Gasteiger partial charge in [-0.2, -0.15) is 0 Å². The van der Waals surface area contributed by atoms with Crippen molar-refractivity contribution >= 4 is 5.69 Å². The minimum Gasteiger partial charge on any atom is -0.497 e. The molecule has 1 aromatic heterocycles. The van der Waals surface area contributed by atoms with Gasteiger partial charge in [-0.15, -0.1) is 0 Å². The first-order valence-corrected chi connectivity index (χ1v) is 7.21. The average molecular weight is 294 g/mol. The van der Waals surface area contributed by atoms with Crippen LogP contribution in [0.2, 0.25) is 0 Å². The predicted octanol–water partition coefficient (Wildman–Crippen LogP) is 4.16. The number of anilines is 1. The third-order valence-corrected chi connectivity index (χ3v) is 3.68. The van der Waals surface area contributed by atoms with Crippen LogP contribution in [0.15, 0.2) is 53.1 Å². The van der Waals surface area contributed by atoms with Crippen molar-refractivity contribution in [3.63, 3.8) is 0 Å². The summed E-state index contributed by atoms with van der Waals surface area (Å²) in [6, 6.07) is 15.5. The second-order valence-electron chi connectivity index (χ2n) is 5.04. The predicted molar refractivity (Wildman–Crippen MR) is 87.7 cm³/mol. The molecule has 0 saturated heterocycles. The third kappa shape index (κ3) is 2.55. The van der Waals surface area contributed by atoms with Gasteiger partial charge >= 0.3 is 0 Å². The number of rotatable bonds is 4. The summed E-state index contributed by atoms with van der Waals surface area (Å²) >= 11 is 0. The molecule has 0 radical (unpaired) electrons. The summed E-state index contributed by atoms with van der Waals surface area (Å²) in [7, 11) is 1.65. The lowest BCUT2D eigenvalue weighted by Gasteiger charge is -2.03. The van der Waals surface area contributed by atoms with Crippen molar-refractivity contribution < 1.29 is 9.26 Å². The van der Waals surface area contributed by atoms with Crippen LogP contribution in [-0.2, 0) is 6.42 Å². The molecule has 0 atom stereocenters. The van der Waals surface area contributed by atoms with E-state index in [1.54, 1.807) is 7.11 Å². The molecular formula is C18H18N2O2. The van der Waals surface area contributed by atoms with Gasteiger partial charge in [0.1, 0.15) is 11.4 Å². The van der Waals surface area contributed by atoms with Crippen LogP contribution in [0.25, 0.3) is 22.6 Å². The Morgan fingerprint density at radius 1 is 1.00 bits per heavy atom. The number of aromatic nitrogens is 1. The number of methoxy groups -OCH3 is 1. The summed E-state index contributed by atoms with van der Waals surface area (Å²) in [6.45, 7) is 2.10. The fraction of sp³-hybridized carbons (Fsp3) is 0.167. The van der Waals surface area contributed by atoms with E-state index in [0.29, 0.717) is 0 Å². The number of nitrogens with zero attached hydrogens (tertiary/aromatic N) is 1. The van der Waals surface area contributed by atoms with Crippen molar-refractivity contribution in [3.05, 3.63) is 54.1 Å². The van der Waals surface area contributed by atoms with Crippen LogP contribution in [0.3, 0.4) is 0 Å². The molecule has 0 aliphatic heterocycles. The molecule has 3 aromatic rings. The zero-order valence-electron chi connectivity index (χ0n) is 12.7. The Morgan fingerprint density at radius 2 is 1.64 bits per heavy atom. The molecule has 0 amide bonds. The van der Waals surface area contributed by atoms with E-state index in [-0.39, 0.29) is 0 Å². The lowest BCUT2D eigenvalue weighted by atomic mass is 10.0. The van der Waals surface area contributed by atoms with Gasteiger partial charge in [-0.05, 0) is 55.0 Å². The van der Waals surface area contributed by atoms with Crippen LogP contribution < -0.4 is 10.5 Å². The minimum atomic E-state index is 0.733. The van der Waals surface area contributed by atoms with E-state index in [4.69, 9.17) is 15.0 Å². The second-order valence-corrected chi connectivity index (χ2v) is 5.04. The maximum atomic E-state index is 5.74. The topological polar surface area (TPSA) is 61.3 Å². The van der Waals surface area contributed by atoms with Crippen LogP contribution in [0, 0.1) is 0 Å². The van der Waals surface area contributed by atoms with Crippen molar-refractivity contribution in [1.82, 2.24) is 5.16 Å². The number of hydrogen-bond acceptors (Lipinski definition) is 4. The Morgan fingerprint density at radius 3 is 2.23 bits per heavy atom. The molecule has 22 heavy (non-hydrogen) atoms. The number of nitrogen functional groups attached to an aromatic ring is 1. The Labute approximate surface area is 129 Å². The van der Waals surface area contributed by atoms with Gasteiger partial charge in [-0.1, -0.05) is 12.1 Å². The molecule has 0 aliphatic carbocycles. The van der Waals surface area contributed by atoms with Crippen molar-refractivity contribution in [2.24, 2.45) is 0 Å². The van der Waals surface area contributed by atoms with E-state index < -0.39 is 0 Å². The minimum absolute atomic E-state index is 0.733. The summed E-state index contributed by atoms with van der Waals surface area (Å²) in [5, 5.41) is 4.26. The van der Waals surface area contributed by atoms with E-state index in [1.807, 2.05) is 48.5 Å². The molecule has 0 spiro atoms. The van der Waals surface area contributed by atoms with Crippen LogP contribution in [0.5, 0.6) is 5.75 Å². The van der Waals surface area contributed by atoms with E-state index in [1.165, 1.54) is 0 Å². The third-order valence-electron chi connectivity index (χ3n) is 3.68. The maximum Gasteiger partial charge on any atom is 0.170 e. The van der Waals surface area contributed by atoms with Gasteiger partial charge in [-0.3, -0.25) is 0 Å². The van der Waals surface area contributed by atoms with Gasteiger partial charge in [0.2, 0.25) is 0 Å². The van der Waals surface area contributed by atoms with Crippen molar-refractivity contribution in [3.8, 4) is 28.3 Å². The van der Waals surface area contributed by atoms with Crippen LogP contribution >= 0.6 is 0 Å². The smallest absolute Gasteiger partial charge is 0.170 e.